The van der Waals surface area contributed by atoms with Crippen molar-refractivity contribution in [1.82, 2.24) is 0 Å². The van der Waals surface area contributed by atoms with E-state index in [1.807, 2.05) is 13.8 Å². The maximum atomic E-state index is 15.3. The van der Waals surface area contributed by atoms with E-state index in [0.717, 1.165) is 13.3 Å². The van der Waals surface area contributed by atoms with Crippen LogP contribution in [0.4, 0.5) is 22.0 Å². The van der Waals surface area contributed by atoms with Gasteiger partial charge in [0, 0.05) is 11.0 Å². The molecule has 1 aliphatic heterocycles. The van der Waals surface area contributed by atoms with Gasteiger partial charge in [-0.3, -0.25) is 0 Å². The lowest BCUT2D eigenvalue weighted by Crippen LogP contribution is -2.70. The molecular formula is C24H33F5O5. The Bertz CT molecular complexity index is 854. The highest BCUT2D eigenvalue weighted by atomic mass is 19.4. The smallest absolute Gasteiger partial charge is 0.449 e. The predicted octanol–water partition coefficient (Wildman–Crippen LogP) is 5.02. The highest BCUT2D eigenvalue weighted by Crippen LogP contribution is 2.68. The third-order valence-electron chi connectivity index (χ3n) is 8.79. The van der Waals surface area contributed by atoms with Gasteiger partial charge in [-0.2, -0.15) is 22.0 Å². The van der Waals surface area contributed by atoms with Crippen LogP contribution in [0.3, 0.4) is 0 Å². The first-order valence-corrected chi connectivity index (χ1v) is 11.8. The van der Waals surface area contributed by atoms with Gasteiger partial charge in [-0.05, 0) is 69.6 Å². The van der Waals surface area contributed by atoms with Gasteiger partial charge >= 0.3 is 23.9 Å². The summed E-state index contributed by atoms with van der Waals surface area (Å²) in [6, 6.07) is 0. The summed E-state index contributed by atoms with van der Waals surface area (Å²) >= 11 is 0. The van der Waals surface area contributed by atoms with Crippen LogP contribution >= 0.6 is 0 Å². The molecule has 1 N–H and O–H groups in total. The van der Waals surface area contributed by atoms with E-state index in [9.17, 15) is 23.1 Å². The Morgan fingerprint density at radius 1 is 1.18 bits per heavy atom. The fourth-order valence-electron chi connectivity index (χ4n) is 7.43. The van der Waals surface area contributed by atoms with Crippen molar-refractivity contribution in [2.75, 3.05) is 13.2 Å². The Morgan fingerprint density at radius 3 is 2.18 bits per heavy atom. The van der Waals surface area contributed by atoms with Gasteiger partial charge in [-0.1, -0.05) is 20.4 Å². The second-order valence-electron chi connectivity index (χ2n) is 11.5. The quantitative estimate of drug-likeness (QED) is 0.318. The number of carbonyl (C=O) groups excluding carboxylic acids is 1. The van der Waals surface area contributed by atoms with E-state index in [1.54, 1.807) is 6.92 Å². The molecule has 0 spiro atoms. The summed E-state index contributed by atoms with van der Waals surface area (Å²) in [6.45, 7) is 8.84. The van der Waals surface area contributed by atoms with Crippen molar-refractivity contribution in [3.8, 4) is 0 Å². The largest absolute Gasteiger partial charge is 0.462 e. The molecule has 5 nitrogen and oxygen atoms in total. The van der Waals surface area contributed by atoms with Crippen molar-refractivity contribution in [2.24, 2.45) is 29.1 Å². The first kappa shape index (κ1) is 25.8. The Kier molecular flexibility index (Phi) is 5.79. The molecule has 4 atom stereocenters. The maximum Gasteiger partial charge on any atom is 0.449 e. The average Bonchev–Trinajstić information content (AvgIpc) is 2.89. The molecule has 1 saturated heterocycles. The number of esters is 1. The Hall–Kier alpha value is -1.26. The van der Waals surface area contributed by atoms with Gasteiger partial charge in [-0.25, -0.2) is 4.79 Å². The molecule has 4 unspecified atom stereocenters. The van der Waals surface area contributed by atoms with E-state index < -0.39 is 41.7 Å². The monoisotopic (exact) mass is 496 g/mol. The van der Waals surface area contributed by atoms with E-state index in [2.05, 4.69) is 11.3 Å². The van der Waals surface area contributed by atoms with Gasteiger partial charge in [0.1, 0.15) is 0 Å². The molecule has 0 aromatic carbocycles. The number of hydrogen-bond acceptors (Lipinski definition) is 5. The van der Waals surface area contributed by atoms with Crippen molar-refractivity contribution in [3.05, 3.63) is 12.2 Å². The summed E-state index contributed by atoms with van der Waals surface area (Å²) in [6.07, 6.45) is -2.30. The molecule has 194 valence electrons. The summed E-state index contributed by atoms with van der Waals surface area (Å²) in [5.41, 5.74) is -3.81. The average molecular weight is 497 g/mol. The van der Waals surface area contributed by atoms with Crippen LogP contribution in [-0.2, 0) is 19.0 Å². The van der Waals surface area contributed by atoms with Crippen molar-refractivity contribution in [3.63, 3.8) is 0 Å². The topological polar surface area (TPSA) is 65.0 Å². The van der Waals surface area contributed by atoms with Crippen molar-refractivity contribution < 1.29 is 46.1 Å². The molecule has 4 saturated carbocycles. The van der Waals surface area contributed by atoms with E-state index >= 15 is 8.78 Å². The highest BCUT2D eigenvalue weighted by molar-refractivity contribution is 5.86. The first-order valence-electron chi connectivity index (χ1n) is 11.8. The summed E-state index contributed by atoms with van der Waals surface area (Å²) in [5, 5.41) is 9.87. The zero-order valence-corrected chi connectivity index (χ0v) is 19.9. The number of carbonyl (C=O) groups is 1. The van der Waals surface area contributed by atoms with Crippen LogP contribution in [0.15, 0.2) is 12.2 Å². The zero-order valence-electron chi connectivity index (χ0n) is 19.9. The molecule has 4 aliphatic carbocycles. The predicted molar refractivity (Wildman–Crippen MR) is 111 cm³/mol. The lowest BCUT2D eigenvalue weighted by atomic mass is 9.43. The summed E-state index contributed by atoms with van der Waals surface area (Å²) in [7, 11) is 0. The molecule has 5 aliphatic rings. The summed E-state index contributed by atoms with van der Waals surface area (Å²) in [4.78, 5) is 12.0. The first-order chi connectivity index (χ1) is 15.4. The Labute approximate surface area is 196 Å². The fraction of sp³-hybridized carbons (Fsp3) is 0.875. The van der Waals surface area contributed by atoms with Crippen LogP contribution in [0.5, 0.6) is 0 Å². The van der Waals surface area contributed by atoms with Gasteiger partial charge < -0.3 is 19.3 Å². The van der Waals surface area contributed by atoms with Gasteiger partial charge in [-0.15, -0.1) is 0 Å². The van der Waals surface area contributed by atoms with Crippen LogP contribution in [0, 0.1) is 29.1 Å². The van der Waals surface area contributed by atoms with E-state index in [1.165, 1.54) is 0 Å². The fourth-order valence-corrected chi connectivity index (χ4v) is 7.43. The van der Waals surface area contributed by atoms with E-state index in [4.69, 9.17) is 9.47 Å². The van der Waals surface area contributed by atoms with Gasteiger partial charge in [0.2, 0.25) is 0 Å². The van der Waals surface area contributed by atoms with Crippen molar-refractivity contribution in [2.45, 2.75) is 88.9 Å². The van der Waals surface area contributed by atoms with Gasteiger partial charge in [0.15, 0.2) is 5.60 Å². The Balaban J connectivity index is 1.65. The van der Waals surface area contributed by atoms with Crippen LogP contribution in [0.1, 0.15) is 59.8 Å². The van der Waals surface area contributed by atoms with Gasteiger partial charge in [0.05, 0.1) is 18.8 Å². The molecule has 0 radical (unpaired) electrons. The zero-order chi connectivity index (χ0) is 25.5. The molecule has 5 fully saturated rings. The minimum absolute atomic E-state index is 0.195. The number of alkyl halides is 5. The normalized spacial score (nSPS) is 45.1. The summed E-state index contributed by atoms with van der Waals surface area (Å²) in [5.74, 6) is -10.2. The van der Waals surface area contributed by atoms with Crippen LogP contribution in [0.25, 0.3) is 0 Å². The lowest BCUT2D eigenvalue weighted by Gasteiger charge is -2.67. The number of rotatable bonds is 6. The number of halogens is 5. The molecule has 1 heterocycles. The molecule has 10 heteroatoms. The molecule has 4 bridgehead atoms. The molecule has 5 rings (SSSR count). The van der Waals surface area contributed by atoms with Crippen LogP contribution in [-0.4, -0.2) is 53.4 Å². The number of aliphatic hydroxyl groups is 1. The minimum Gasteiger partial charge on any atom is -0.462 e. The number of hydrogen-bond donors (Lipinski definition) is 1. The van der Waals surface area contributed by atoms with Crippen LogP contribution in [0.2, 0.25) is 0 Å². The standard InChI is InChI=1S/C24H33F5O5/c1-13(2)18(30)32-12-20-8-15-6-16(9-20)21(14(3)4,17(7-15)10-20)34-19(5)11-33-23(31,22(19,25)26)24(27,28)29/h14-17,31H,1,6-12H2,2-5H3. The second-order valence-corrected chi connectivity index (χ2v) is 11.5. The second kappa shape index (κ2) is 7.62. The molecule has 0 amide bonds. The molecule has 34 heavy (non-hydrogen) atoms. The molecule has 0 aromatic heterocycles. The van der Waals surface area contributed by atoms with Crippen molar-refractivity contribution in [1.29, 1.82) is 0 Å². The van der Waals surface area contributed by atoms with E-state index in [-0.39, 0.29) is 35.3 Å². The van der Waals surface area contributed by atoms with E-state index in [0.29, 0.717) is 31.6 Å². The third-order valence-corrected chi connectivity index (χ3v) is 8.79. The molecule has 0 aromatic rings. The maximum absolute atomic E-state index is 15.3. The van der Waals surface area contributed by atoms with Crippen molar-refractivity contribution >= 4 is 5.97 Å². The van der Waals surface area contributed by atoms with Crippen LogP contribution < -0.4 is 0 Å². The lowest BCUT2D eigenvalue weighted by molar-refractivity contribution is -0.416. The number of ether oxygens (including phenoxy) is 3. The summed E-state index contributed by atoms with van der Waals surface area (Å²) < 4.78 is 86.8. The molecular weight excluding hydrogens is 463 g/mol. The highest BCUT2D eigenvalue weighted by Gasteiger charge is 2.83. The van der Waals surface area contributed by atoms with Gasteiger partial charge in [0.25, 0.3) is 0 Å². The third kappa shape index (κ3) is 3.38. The Morgan fingerprint density at radius 2 is 1.74 bits per heavy atom. The minimum atomic E-state index is -5.69. The SMILES string of the molecule is C=C(C)C(=O)OCC12CC3CC(C1)C(OC1(C)COC(O)(C(F)(F)F)C1(F)F)(C(C)C)C(C3)C2.